The van der Waals surface area contributed by atoms with Crippen molar-refractivity contribution in [1.29, 1.82) is 0 Å². The highest BCUT2D eigenvalue weighted by molar-refractivity contribution is 6.02. The molecule has 0 rings (SSSR count). The van der Waals surface area contributed by atoms with Crippen LogP contribution < -0.4 is 16.0 Å². The normalized spacial score (nSPS) is 12.4. The van der Waals surface area contributed by atoms with Gasteiger partial charge in [0.2, 0.25) is 5.91 Å². The van der Waals surface area contributed by atoms with E-state index in [0.717, 1.165) is 6.54 Å². The molecule has 0 aromatic carbocycles. The van der Waals surface area contributed by atoms with Gasteiger partial charge in [-0.25, -0.2) is 9.59 Å². The van der Waals surface area contributed by atoms with Gasteiger partial charge in [0.15, 0.2) is 0 Å². The number of amides is 5. The predicted molar refractivity (Wildman–Crippen MR) is 81.8 cm³/mol. The SMILES string of the molecule is CNC(=O)NC(=O)NC(=O)[C@H](CC(C)C)N(C)CC(C)C. The second-order valence-corrected chi connectivity index (χ2v) is 6.00. The molecule has 0 heterocycles. The van der Waals surface area contributed by atoms with Crippen molar-refractivity contribution in [1.82, 2.24) is 20.9 Å². The Morgan fingerprint density at radius 3 is 1.95 bits per heavy atom. The Kier molecular flexibility index (Phi) is 8.61. The topological polar surface area (TPSA) is 90.5 Å². The molecule has 7 nitrogen and oxygen atoms in total. The molecule has 0 saturated carbocycles. The summed E-state index contributed by atoms with van der Waals surface area (Å²) in [5.41, 5.74) is 0. The molecule has 0 aliphatic heterocycles. The predicted octanol–water partition coefficient (Wildman–Crippen LogP) is 1.15. The molecule has 0 radical (unpaired) electrons. The van der Waals surface area contributed by atoms with Crippen LogP contribution in [0.5, 0.6) is 0 Å². The first-order valence-electron chi connectivity index (χ1n) is 7.21. The Bertz CT molecular complexity index is 369. The first-order chi connectivity index (χ1) is 9.67. The first-order valence-corrected chi connectivity index (χ1v) is 7.21. The fraction of sp³-hybridized carbons (Fsp3) is 0.786. The zero-order valence-corrected chi connectivity index (χ0v) is 13.8. The molecule has 1 atom stereocenters. The number of hydrogen-bond acceptors (Lipinski definition) is 4. The van der Waals surface area contributed by atoms with Gasteiger partial charge in [0.05, 0.1) is 6.04 Å². The third kappa shape index (κ3) is 8.29. The number of carbonyl (C=O) groups is 3. The Balaban J connectivity index is 4.71. The van der Waals surface area contributed by atoms with Crippen molar-refractivity contribution in [3.63, 3.8) is 0 Å². The zero-order valence-electron chi connectivity index (χ0n) is 13.8. The molecule has 0 fully saturated rings. The molecule has 0 saturated heterocycles. The highest BCUT2D eigenvalue weighted by atomic mass is 16.2. The minimum atomic E-state index is -0.814. The van der Waals surface area contributed by atoms with E-state index in [-0.39, 0.29) is 0 Å². The molecule has 0 bridgehead atoms. The third-order valence-electron chi connectivity index (χ3n) is 2.87. The molecule has 3 N–H and O–H groups in total. The number of urea groups is 2. The molecule has 0 unspecified atom stereocenters. The maximum atomic E-state index is 12.2. The summed E-state index contributed by atoms with van der Waals surface area (Å²) in [7, 11) is 3.26. The van der Waals surface area contributed by atoms with Gasteiger partial charge in [-0.3, -0.25) is 20.3 Å². The van der Waals surface area contributed by atoms with Crippen LogP contribution in [-0.2, 0) is 4.79 Å². The number of hydrogen-bond donors (Lipinski definition) is 3. The van der Waals surface area contributed by atoms with Crippen LogP contribution in [0, 0.1) is 11.8 Å². The van der Waals surface area contributed by atoms with Crippen molar-refractivity contribution in [2.24, 2.45) is 11.8 Å². The van der Waals surface area contributed by atoms with Crippen molar-refractivity contribution < 1.29 is 14.4 Å². The molecular formula is C14H28N4O3. The fourth-order valence-electron chi connectivity index (χ4n) is 2.03. The Morgan fingerprint density at radius 2 is 1.52 bits per heavy atom. The third-order valence-corrected chi connectivity index (χ3v) is 2.87. The summed E-state index contributed by atoms with van der Waals surface area (Å²) in [4.78, 5) is 36.7. The van der Waals surface area contributed by atoms with Gasteiger partial charge in [-0.2, -0.15) is 0 Å². The molecule has 122 valence electrons. The van der Waals surface area contributed by atoms with Crippen LogP contribution in [0.15, 0.2) is 0 Å². The van der Waals surface area contributed by atoms with E-state index in [2.05, 4.69) is 24.5 Å². The summed E-state index contributed by atoms with van der Waals surface area (Å²) in [6.45, 7) is 8.93. The van der Waals surface area contributed by atoms with E-state index in [1.807, 2.05) is 31.1 Å². The second kappa shape index (κ2) is 9.33. The van der Waals surface area contributed by atoms with Crippen molar-refractivity contribution in [2.45, 2.75) is 40.2 Å². The number of nitrogens with zero attached hydrogens (tertiary/aromatic N) is 1. The molecule has 5 amide bonds. The van der Waals surface area contributed by atoms with Crippen LogP contribution in [-0.4, -0.2) is 49.6 Å². The van der Waals surface area contributed by atoms with Gasteiger partial charge < -0.3 is 5.32 Å². The number of rotatable bonds is 6. The molecular weight excluding hydrogens is 272 g/mol. The van der Waals surface area contributed by atoms with Gasteiger partial charge in [0, 0.05) is 13.6 Å². The average molecular weight is 300 g/mol. The highest BCUT2D eigenvalue weighted by Crippen LogP contribution is 2.12. The van der Waals surface area contributed by atoms with Crippen LogP contribution in [0.2, 0.25) is 0 Å². The number of likely N-dealkylation sites (N-methyl/N-ethyl adjacent to an activating group) is 1. The standard InChI is InChI=1S/C14H28N4O3/c1-9(2)7-11(18(6)8-10(3)4)12(19)16-14(21)17-13(20)15-5/h9-11H,7-8H2,1-6H3,(H3,15,16,17,19,20,21)/t11-/m0/s1. The molecule has 0 aromatic rings. The summed E-state index contributed by atoms with van der Waals surface area (Å²) in [5.74, 6) is 0.336. The summed E-state index contributed by atoms with van der Waals surface area (Å²) in [5, 5.41) is 6.47. The van der Waals surface area contributed by atoms with Gasteiger partial charge in [-0.05, 0) is 25.3 Å². The quantitative estimate of drug-likeness (QED) is 0.686. The highest BCUT2D eigenvalue weighted by Gasteiger charge is 2.26. The van der Waals surface area contributed by atoms with Crippen LogP contribution >= 0.6 is 0 Å². The molecule has 21 heavy (non-hydrogen) atoms. The minimum Gasteiger partial charge on any atom is -0.341 e. The zero-order chi connectivity index (χ0) is 16.6. The van der Waals surface area contributed by atoms with E-state index in [1.54, 1.807) is 0 Å². The lowest BCUT2D eigenvalue weighted by Crippen LogP contribution is -2.52. The number of nitrogens with one attached hydrogen (secondary N) is 3. The first kappa shape index (κ1) is 19.4. The van der Waals surface area contributed by atoms with Crippen LogP contribution in [0.4, 0.5) is 9.59 Å². The van der Waals surface area contributed by atoms with Crippen LogP contribution in [0.3, 0.4) is 0 Å². The fourth-order valence-corrected chi connectivity index (χ4v) is 2.03. The van der Waals surface area contributed by atoms with E-state index in [4.69, 9.17) is 0 Å². The Morgan fingerprint density at radius 1 is 0.952 bits per heavy atom. The Hall–Kier alpha value is -1.63. The maximum Gasteiger partial charge on any atom is 0.329 e. The van der Waals surface area contributed by atoms with Crippen molar-refractivity contribution in [2.75, 3.05) is 20.6 Å². The van der Waals surface area contributed by atoms with Crippen LogP contribution in [0.1, 0.15) is 34.1 Å². The number of imide groups is 2. The molecule has 0 aliphatic rings. The summed E-state index contributed by atoms with van der Waals surface area (Å²) in [6, 6.07) is -1.87. The summed E-state index contributed by atoms with van der Waals surface area (Å²) >= 11 is 0. The summed E-state index contributed by atoms with van der Waals surface area (Å²) in [6.07, 6.45) is 0.641. The maximum absolute atomic E-state index is 12.2. The van der Waals surface area contributed by atoms with Gasteiger partial charge in [-0.1, -0.05) is 27.7 Å². The lowest BCUT2D eigenvalue weighted by Gasteiger charge is -2.29. The number of carbonyl (C=O) groups excluding carboxylic acids is 3. The lowest BCUT2D eigenvalue weighted by molar-refractivity contribution is -0.125. The van der Waals surface area contributed by atoms with E-state index >= 15 is 0 Å². The smallest absolute Gasteiger partial charge is 0.329 e. The second-order valence-electron chi connectivity index (χ2n) is 6.00. The van der Waals surface area contributed by atoms with E-state index in [9.17, 15) is 14.4 Å². The van der Waals surface area contributed by atoms with E-state index in [1.165, 1.54) is 7.05 Å². The molecule has 0 aromatic heterocycles. The van der Waals surface area contributed by atoms with Gasteiger partial charge in [0.1, 0.15) is 0 Å². The molecule has 7 heteroatoms. The van der Waals surface area contributed by atoms with Crippen molar-refractivity contribution >= 4 is 18.0 Å². The van der Waals surface area contributed by atoms with Crippen molar-refractivity contribution in [3.05, 3.63) is 0 Å². The lowest BCUT2D eigenvalue weighted by atomic mass is 10.0. The van der Waals surface area contributed by atoms with Crippen LogP contribution in [0.25, 0.3) is 0 Å². The minimum absolute atomic E-state index is 0.317. The molecule has 0 spiro atoms. The van der Waals surface area contributed by atoms with E-state index < -0.39 is 24.0 Å². The largest absolute Gasteiger partial charge is 0.341 e. The van der Waals surface area contributed by atoms with E-state index in [0.29, 0.717) is 18.3 Å². The monoisotopic (exact) mass is 300 g/mol. The van der Waals surface area contributed by atoms with Crippen molar-refractivity contribution in [3.8, 4) is 0 Å². The average Bonchev–Trinajstić information content (AvgIpc) is 2.34. The van der Waals surface area contributed by atoms with Gasteiger partial charge in [-0.15, -0.1) is 0 Å². The Labute approximate surface area is 126 Å². The summed E-state index contributed by atoms with van der Waals surface area (Å²) < 4.78 is 0. The van der Waals surface area contributed by atoms with Gasteiger partial charge in [0.25, 0.3) is 0 Å². The van der Waals surface area contributed by atoms with Gasteiger partial charge >= 0.3 is 12.1 Å². The molecule has 0 aliphatic carbocycles.